The van der Waals surface area contributed by atoms with Crippen LogP contribution < -0.4 is 10.2 Å². The molecule has 1 saturated heterocycles. The van der Waals surface area contributed by atoms with Gasteiger partial charge < -0.3 is 4.74 Å². The Morgan fingerprint density at radius 3 is 2.52 bits per heavy atom. The van der Waals surface area contributed by atoms with E-state index < -0.39 is 23.5 Å². The highest BCUT2D eigenvalue weighted by Crippen LogP contribution is 2.41. The summed E-state index contributed by atoms with van der Waals surface area (Å²) in [5, 5.41) is 0.942. The van der Waals surface area contributed by atoms with Gasteiger partial charge in [-0.15, -0.1) is 0 Å². The first-order valence-corrected chi connectivity index (χ1v) is 6.43. The highest BCUT2D eigenvalue weighted by molar-refractivity contribution is 5.83. The SMILES string of the molecule is COc1cccc(C(N2CC(C)(C)C(=O)N2)C(F)(F)F)c1. The van der Waals surface area contributed by atoms with Crippen molar-refractivity contribution in [1.29, 1.82) is 0 Å². The monoisotopic (exact) mass is 302 g/mol. The number of benzene rings is 1. The molecule has 1 N–H and O–H groups in total. The van der Waals surface area contributed by atoms with Gasteiger partial charge in [-0.05, 0) is 31.5 Å². The van der Waals surface area contributed by atoms with E-state index in [9.17, 15) is 18.0 Å². The van der Waals surface area contributed by atoms with E-state index in [1.54, 1.807) is 19.9 Å². The van der Waals surface area contributed by atoms with Gasteiger partial charge in [0.15, 0.2) is 0 Å². The summed E-state index contributed by atoms with van der Waals surface area (Å²) in [6.45, 7) is 3.20. The third kappa shape index (κ3) is 3.12. The second-order valence-electron chi connectivity index (χ2n) is 5.67. The first kappa shape index (κ1) is 15.6. The maximum atomic E-state index is 13.4. The third-order valence-corrected chi connectivity index (χ3v) is 3.46. The van der Waals surface area contributed by atoms with Gasteiger partial charge in [-0.3, -0.25) is 10.2 Å². The fourth-order valence-corrected chi connectivity index (χ4v) is 2.33. The molecule has 1 aromatic carbocycles. The highest BCUT2D eigenvalue weighted by Gasteiger charge is 2.51. The number of halogens is 3. The lowest BCUT2D eigenvalue weighted by Gasteiger charge is -2.30. The number of nitrogens with one attached hydrogen (secondary N) is 1. The zero-order valence-electron chi connectivity index (χ0n) is 12.0. The molecule has 0 bridgehead atoms. The van der Waals surface area contributed by atoms with Crippen LogP contribution in [0.25, 0.3) is 0 Å². The molecule has 7 heteroatoms. The Morgan fingerprint density at radius 2 is 2.05 bits per heavy atom. The van der Waals surface area contributed by atoms with Gasteiger partial charge >= 0.3 is 6.18 Å². The average Bonchev–Trinajstić information content (AvgIpc) is 2.62. The van der Waals surface area contributed by atoms with Crippen LogP contribution in [0.2, 0.25) is 0 Å². The van der Waals surface area contributed by atoms with Crippen LogP contribution in [0.5, 0.6) is 5.75 Å². The van der Waals surface area contributed by atoms with Crippen molar-refractivity contribution in [1.82, 2.24) is 10.4 Å². The van der Waals surface area contributed by atoms with Crippen molar-refractivity contribution in [3.8, 4) is 5.75 Å². The Hall–Kier alpha value is -1.76. The molecule has 0 aliphatic carbocycles. The highest BCUT2D eigenvalue weighted by atomic mass is 19.4. The molecule has 21 heavy (non-hydrogen) atoms. The summed E-state index contributed by atoms with van der Waals surface area (Å²) < 4.78 is 45.3. The lowest BCUT2D eigenvalue weighted by Crippen LogP contribution is -2.43. The standard InChI is InChI=1S/C14H17F3N2O2/c1-13(2)8-19(18-12(13)20)11(14(15,16)17)9-5-4-6-10(7-9)21-3/h4-7,11H,8H2,1-3H3,(H,18,20). The Balaban J connectivity index is 2.38. The van der Waals surface area contributed by atoms with Crippen LogP contribution in [-0.4, -0.2) is 30.7 Å². The minimum Gasteiger partial charge on any atom is -0.497 e. The molecule has 1 atom stereocenters. The van der Waals surface area contributed by atoms with E-state index in [0.29, 0.717) is 5.75 Å². The molecular weight excluding hydrogens is 285 g/mol. The van der Waals surface area contributed by atoms with Crippen molar-refractivity contribution in [3.05, 3.63) is 29.8 Å². The molecule has 2 rings (SSSR count). The van der Waals surface area contributed by atoms with Crippen LogP contribution in [0.3, 0.4) is 0 Å². The summed E-state index contributed by atoms with van der Waals surface area (Å²) in [6.07, 6.45) is -4.51. The molecule has 1 aromatic rings. The Bertz CT molecular complexity index is 543. The molecule has 1 amide bonds. The lowest BCUT2D eigenvalue weighted by molar-refractivity contribution is -0.191. The summed E-state index contributed by atoms with van der Waals surface area (Å²) in [5.41, 5.74) is 1.49. The number of amides is 1. The van der Waals surface area contributed by atoms with Gasteiger partial charge in [0.25, 0.3) is 0 Å². The summed E-state index contributed by atoms with van der Waals surface area (Å²) >= 11 is 0. The van der Waals surface area contributed by atoms with Crippen LogP contribution in [0.1, 0.15) is 25.5 Å². The number of rotatable bonds is 3. The van der Waals surface area contributed by atoms with Crippen LogP contribution in [0.4, 0.5) is 13.2 Å². The number of carbonyl (C=O) groups is 1. The number of ether oxygens (including phenoxy) is 1. The fourth-order valence-electron chi connectivity index (χ4n) is 2.33. The van der Waals surface area contributed by atoms with Gasteiger partial charge in [-0.25, -0.2) is 5.01 Å². The van der Waals surface area contributed by atoms with Crippen LogP contribution in [0.15, 0.2) is 24.3 Å². The quantitative estimate of drug-likeness (QED) is 0.933. The van der Waals surface area contributed by atoms with Crippen molar-refractivity contribution < 1.29 is 22.7 Å². The molecule has 1 unspecified atom stereocenters. The molecule has 1 heterocycles. The van der Waals surface area contributed by atoms with E-state index in [2.05, 4.69) is 5.43 Å². The molecule has 4 nitrogen and oxygen atoms in total. The minimum atomic E-state index is -4.51. The molecule has 1 aliphatic rings. The lowest BCUT2D eigenvalue weighted by atomic mass is 9.93. The number of hydrogen-bond donors (Lipinski definition) is 1. The topological polar surface area (TPSA) is 41.6 Å². The van der Waals surface area contributed by atoms with E-state index in [1.165, 1.54) is 25.3 Å². The predicted molar refractivity (Wildman–Crippen MR) is 70.4 cm³/mol. The molecule has 0 aromatic heterocycles. The maximum Gasteiger partial charge on any atom is 0.409 e. The number of carbonyl (C=O) groups excluding carboxylic acids is 1. The van der Waals surface area contributed by atoms with Crippen molar-refractivity contribution in [3.63, 3.8) is 0 Å². The van der Waals surface area contributed by atoms with E-state index in [-0.39, 0.29) is 12.1 Å². The third-order valence-electron chi connectivity index (χ3n) is 3.46. The van der Waals surface area contributed by atoms with Gasteiger partial charge in [-0.1, -0.05) is 12.1 Å². The summed E-state index contributed by atoms with van der Waals surface area (Å²) in [4.78, 5) is 11.7. The summed E-state index contributed by atoms with van der Waals surface area (Å²) in [6, 6.07) is 3.87. The molecule has 1 fully saturated rings. The predicted octanol–water partition coefficient (Wildman–Crippen LogP) is 2.67. The van der Waals surface area contributed by atoms with Crippen LogP contribution >= 0.6 is 0 Å². The fraction of sp³-hybridized carbons (Fsp3) is 0.500. The van der Waals surface area contributed by atoms with Crippen LogP contribution in [-0.2, 0) is 4.79 Å². The summed E-state index contributed by atoms with van der Waals surface area (Å²) in [7, 11) is 1.39. The summed E-state index contributed by atoms with van der Waals surface area (Å²) in [5.74, 6) is -0.0776. The zero-order valence-corrected chi connectivity index (χ0v) is 12.0. The molecule has 116 valence electrons. The Labute approximate surface area is 120 Å². The zero-order chi connectivity index (χ0) is 15.8. The second kappa shape index (κ2) is 5.22. The average molecular weight is 302 g/mol. The van der Waals surface area contributed by atoms with Gasteiger partial charge in [0.05, 0.1) is 12.5 Å². The molecule has 1 aliphatic heterocycles. The number of nitrogens with zero attached hydrogens (tertiary/aromatic N) is 1. The van der Waals surface area contributed by atoms with Gasteiger partial charge in [0, 0.05) is 6.54 Å². The molecule has 0 spiro atoms. The van der Waals surface area contributed by atoms with E-state index in [1.807, 2.05) is 0 Å². The van der Waals surface area contributed by atoms with Crippen LogP contribution in [0, 0.1) is 5.41 Å². The van der Waals surface area contributed by atoms with E-state index >= 15 is 0 Å². The van der Waals surface area contributed by atoms with E-state index in [4.69, 9.17) is 4.74 Å². The van der Waals surface area contributed by atoms with Crippen molar-refractivity contribution in [2.45, 2.75) is 26.1 Å². The number of hydrazine groups is 1. The molecular formula is C14H17F3N2O2. The van der Waals surface area contributed by atoms with Gasteiger partial charge in [0.2, 0.25) is 5.91 Å². The van der Waals surface area contributed by atoms with Gasteiger partial charge in [-0.2, -0.15) is 13.2 Å². The normalized spacial score (nSPS) is 20.2. The minimum absolute atomic E-state index is 0.0206. The Morgan fingerprint density at radius 1 is 1.38 bits per heavy atom. The smallest absolute Gasteiger partial charge is 0.409 e. The number of hydrogen-bond acceptors (Lipinski definition) is 3. The number of methoxy groups -OCH3 is 1. The first-order valence-electron chi connectivity index (χ1n) is 6.43. The largest absolute Gasteiger partial charge is 0.497 e. The first-order chi connectivity index (χ1) is 9.65. The van der Waals surface area contributed by atoms with Crippen molar-refractivity contribution >= 4 is 5.91 Å². The van der Waals surface area contributed by atoms with Crippen molar-refractivity contribution in [2.75, 3.05) is 13.7 Å². The van der Waals surface area contributed by atoms with E-state index in [0.717, 1.165) is 5.01 Å². The Kier molecular flexibility index (Phi) is 3.88. The van der Waals surface area contributed by atoms with Gasteiger partial charge in [0.1, 0.15) is 11.8 Å². The molecule has 0 radical (unpaired) electrons. The molecule has 0 saturated carbocycles. The second-order valence-corrected chi connectivity index (χ2v) is 5.67. The van der Waals surface area contributed by atoms with Crippen molar-refractivity contribution in [2.24, 2.45) is 5.41 Å². The number of alkyl halides is 3. The maximum absolute atomic E-state index is 13.4.